The van der Waals surface area contributed by atoms with Gasteiger partial charge in [0.1, 0.15) is 6.04 Å². The number of rotatable bonds is 6. The number of likely N-dealkylation sites (tertiary alicyclic amines) is 1. The van der Waals surface area contributed by atoms with Crippen molar-refractivity contribution < 1.29 is 13.2 Å². The molecule has 0 aliphatic carbocycles. The zero-order valence-corrected chi connectivity index (χ0v) is 18.4. The van der Waals surface area contributed by atoms with Gasteiger partial charge in [0.15, 0.2) is 0 Å². The molecule has 1 aliphatic rings. The molecule has 1 saturated heterocycles. The lowest BCUT2D eigenvalue weighted by molar-refractivity contribution is -0.133. The maximum atomic E-state index is 13.1. The largest absolute Gasteiger partial charge is 0.341 e. The molecule has 154 valence electrons. The predicted molar refractivity (Wildman–Crippen MR) is 113 cm³/mol. The van der Waals surface area contributed by atoms with Crippen molar-refractivity contribution in [2.24, 2.45) is 5.92 Å². The van der Waals surface area contributed by atoms with Gasteiger partial charge in [-0.2, -0.15) is 4.72 Å². The van der Waals surface area contributed by atoms with Gasteiger partial charge in [-0.05, 0) is 50.3 Å². The van der Waals surface area contributed by atoms with Crippen molar-refractivity contribution in [2.75, 3.05) is 13.1 Å². The van der Waals surface area contributed by atoms with Gasteiger partial charge in [-0.25, -0.2) is 13.4 Å². The molecule has 2 aromatic rings. The van der Waals surface area contributed by atoms with Crippen LogP contribution in [0.4, 0.5) is 0 Å². The summed E-state index contributed by atoms with van der Waals surface area (Å²) in [5.74, 6) is 0.101. The van der Waals surface area contributed by atoms with Crippen LogP contribution in [0.2, 0.25) is 0 Å². The molecule has 8 heteroatoms. The molecule has 0 saturated carbocycles. The average molecular weight is 424 g/mol. The number of aromatic nitrogens is 1. The van der Waals surface area contributed by atoms with Crippen LogP contribution in [0.15, 0.2) is 23.1 Å². The maximum absolute atomic E-state index is 13.1. The number of sulfonamides is 1. The fourth-order valence-corrected chi connectivity index (χ4v) is 5.79. The molecular weight excluding hydrogens is 394 g/mol. The number of hydrogen-bond donors (Lipinski definition) is 1. The summed E-state index contributed by atoms with van der Waals surface area (Å²) in [6.07, 6.45) is 4.69. The van der Waals surface area contributed by atoms with Gasteiger partial charge >= 0.3 is 0 Å². The van der Waals surface area contributed by atoms with Crippen molar-refractivity contribution in [1.29, 1.82) is 0 Å². The molecule has 2 heterocycles. The second kappa shape index (κ2) is 8.88. The summed E-state index contributed by atoms with van der Waals surface area (Å²) in [7, 11) is -3.80. The fourth-order valence-electron chi connectivity index (χ4n) is 3.62. The van der Waals surface area contributed by atoms with Crippen molar-refractivity contribution in [3.63, 3.8) is 0 Å². The van der Waals surface area contributed by atoms with Gasteiger partial charge in [-0.15, -0.1) is 11.3 Å². The van der Waals surface area contributed by atoms with Gasteiger partial charge < -0.3 is 4.90 Å². The Morgan fingerprint density at radius 2 is 1.89 bits per heavy atom. The van der Waals surface area contributed by atoms with Crippen LogP contribution in [-0.4, -0.2) is 43.3 Å². The Balaban J connectivity index is 1.84. The highest BCUT2D eigenvalue weighted by Crippen LogP contribution is 2.25. The van der Waals surface area contributed by atoms with Crippen molar-refractivity contribution >= 4 is 37.5 Å². The summed E-state index contributed by atoms with van der Waals surface area (Å²) in [5, 5.41) is 0.895. The number of aryl methyl sites for hydroxylation is 1. The Bertz CT molecular complexity index is 929. The van der Waals surface area contributed by atoms with Gasteiger partial charge in [0, 0.05) is 13.1 Å². The minimum Gasteiger partial charge on any atom is -0.341 e. The molecule has 0 radical (unpaired) electrons. The Kier molecular flexibility index (Phi) is 6.73. The number of amides is 1. The van der Waals surface area contributed by atoms with Crippen LogP contribution in [0.3, 0.4) is 0 Å². The Morgan fingerprint density at radius 3 is 2.54 bits per heavy atom. The molecule has 6 nitrogen and oxygen atoms in total. The lowest BCUT2D eigenvalue weighted by Crippen LogP contribution is -2.49. The number of carbonyl (C=O) groups excluding carboxylic acids is 1. The number of nitrogens with zero attached hydrogens (tertiary/aromatic N) is 2. The Labute approximate surface area is 171 Å². The van der Waals surface area contributed by atoms with Crippen LogP contribution in [0, 0.1) is 12.8 Å². The summed E-state index contributed by atoms with van der Waals surface area (Å²) in [4.78, 5) is 19.5. The van der Waals surface area contributed by atoms with Gasteiger partial charge in [-0.1, -0.05) is 26.7 Å². The standard InChI is InChI=1S/C20H29N3O3S2/c1-14(2)12-18(20(24)23-10-6-4-5-7-11-23)22-28(25,26)16-8-9-17-19(13-16)27-15(3)21-17/h8-9,13-14,18,22H,4-7,10-12H2,1-3H3/t18-/m1/s1. The van der Waals surface area contributed by atoms with E-state index in [0.29, 0.717) is 19.5 Å². The summed E-state index contributed by atoms with van der Waals surface area (Å²) < 4.78 is 29.6. The van der Waals surface area contributed by atoms with Crippen molar-refractivity contribution in [3.8, 4) is 0 Å². The van der Waals surface area contributed by atoms with E-state index >= 15 is 0 Å². The van der Waals surface area contributed by atoms with E-state index < -0.39 is 16.1 Å². The summed E-state index contributed by atoms with van der Waals surface area (Å²) in [6, 6.07) is 4.20. The zero-order chi connectivity index (χ0) is 20.3. The number of thiazole rings is 1. The molecular formula is C20H29N3O3S2. The third-order valence-corrected chi connectivity index (χ3v) is 7.40. The average Bonchev–Trinajstić information content (AvgIpc) is 2.81. The van der Waals surface area contributed by atoms with E-state index in [4.69, 9.17) is 0 Å². The topological polar surface area (TPSA) is 79.4 Å². The lowest BCUT2D eigenvalue weighted by Gasteiger charge is -2.27. The zero-order valence-electron chi connectivity index (χ0n) is 16.8. The van der Waals surface area contributed by atoms with Crippen molar-refractivity contribution in [3.05, 3.63) is 23.2 Å². The van der Waals surface area contributed by atoms with Crippen LogP contribution < -0.4 is 4.72 Å². The maximum Gasteiger partial charge on any atom is 0.241 e. The van der Waals surface area contributed by atoms with Crippen molar-refractivity contribution in [1.82, 2.24) is 14.6 Å². The molecule has 0 unspecified atom stereocenters. The highest BCUT2D eigenvalue weighted by Gasteiger charge is 2.30. The molecule has 1 aliphatic heterocycles. The van der Waals surface area contributed by atoms with E-state index in [9.17, 15) is 13.2 Å². The molecule has 1 aromatic heterocycles. The highest BCUT2D eigenvalue weighted by atomic mass is 32.2. The molecule has 1 amide bonds. The van der Waals surface area contributed by atoms with E-state index in [2.05, 4.69) is 9.71 Å². The van der Waals surface area contributed by atoms with Crippen LogP contribution >= 0.6 is 11.3 Å². The molecule has 0 spiro atoms. The Hall–Kier alpha value is -1.51. The van der Waals surface area contributed by atoms with Crippen LogP contribution in [0.1, 0.15) is 51.0 Å². The Morgan fingerprint density at radius 1 is 1.21 bits per heavy atom. The van der Waals surface area contributed by atoms with Crippen LogP contribution in [-0.2, 0) is 14.8 Å². The first-order valence-electron chi connectivity index (χ1n) is 9.94. The van der Waals surface area contributed by atoms with E-state index in [1.54, 1.807) is 18.2 Å². The molecule has 0 bridgehead atoms. The molecule has 1 N–H and O–H groups in total. The third-order valence-electron chi connectivity index (χ3n) is 5.00. The predicted octanol–water partition coefficient (Wildman–Crippen LogP) is 3.70. The minimum absolute atomic E-state index is 0.103. The van der Waals surface area contributed by atoms with E-state index in [0.717, 1.165) is 40.9 Å². The van der Waals surface area contributed by atoms with E-state index in [1.807, 2.05) is 25.7 Å². The SMILES string of the molecule is Cc1nc2ccc(S(=O)(=O)N[C@H](CC(C)C)C(=O)N3CCCCCC3)cc2s1. The summed E-state index contributed by atoms with van der Waals surface area (Å²) >= 11 is 1.46. The van der Waals surface area contributed by atoms with E-state index in [1.165, 1.54) is 11.3 Å². The first-order chi connectivity index (χ1) is 13.3. The number of fused-ring (bicyclic) bond motifs is 1. The normalized spacial score (nSPS) is 17.1. The monoisotopic (exact) mass is 423 g/mol. The first kappa shape index (κ1) is 21.2. The van der Waals surface area contributed by atoms with E-state index in [-0.39, 0.29) is 16.7 Å². The quantitative estimate of drug-likeness (QED) is 0.768. The summed E-state index contributed by atoms with van der Waals surface area (Å²) in [6.45, 7) is 7.32. The fraction of sp³-hybridized carbons (Fsp3) is 0.600. The van der Waals surface area contributed by atoms with Gasteiger partial charge in [0.2, 0.25) is 15.9 Å². The highest BCUT2D eigenvalue weighted by molar-refractivity contribution is 7.89. The molecule has 1 fully saturated rings. The molecule has 3 rings (SSSR count). The molecule has 1 aromatic carbocycles. The summed E-state index contributed by atoms with van der Waals surface area (Å²) in [5.41, 5.74) is 0.792. The van der Waals surface area contributed by atoms with Gasteiger partial charge in [-0.3, -0.25) is 4.79 Å². The number of nitrogens with one attached hydrogen (secondary N) is 1. The second-order valence-corrected chi connectivity index (χ2v) is 10.9. The lowest BCUT2D eigenvalue weighted by atomic mass is 10.0. The molecule has 1 atom stereocenters. The number of carbonyl (C=O) groups is 1. The minimum atomic E-state index is -3.80. The van der Waals surface area contributed by atoms with Gasteiger partial charge in [0.05, 0.1) is 20.1 Å². The van der Waals surface area contributed by atoms with Gasteiger partial charge in [0.25, 0.3) is 0 Å². The third kappa shape index (κ3) is 5.10. The van der Waals surface area contributed by atoms with Crippen LogP contribution in [0.25, 0.3) is 10.2 Å². The number of hydrogen-bond acceptors (Lipinski definition) is 5. The second-order valence-electron chi connectivity index (χ2n) is 7.91. The van der Waals surface area contributed by atoms with Crippen molar-refractivity contribution in [2.45, 2.75) is 63.8 Å². The smallest absolute Gasteiger partial charge is 0.241 e. The first-order valence-corrected chi connectivity index (χ1v) is 12.2. The van der Waals surface area contributed by atoms with Crippen LogP contribution in [0.5, 0.6) is 0 Å². The number of benzene rings is 1. The molecule has 28 heavy (non-hydrogen) atoms.